The van der Waals surface area contributed by atoms with Gasteiger partial charge in [-0.05, 0) is 51.7 Å². The number of aryl methyl sites for hydroxylation is 1. The molecule has 0 aliphatic heterocycles. The summed E-state index contributed by atoms with van der Waals surface area (Å²) in [5.41, 5.74) is -2.72. The minimum absolute atomic E-state index is 0.00296. The highest BCUT2D eigenvalue weighted by Crippen LogP contribution is 2.41. The van der Waals surface area contributed by atoms with Crippen LogP contribution in [0.2, 0.25) is 0 Å². The molecule has 1 aliphatic rings. The highest BCUT2D eigenvalue weighted by Gasteiger charge is 2.49. The summed E-state index contributed by atoms with van der Waals surface area (Å²) < 4.78 is 61.6. The molecule has 0 saturated heterocycles. The largest absolute Gasteiger partial charge is 0.493 e. The molecular formula is C27H32F3N3O4. The summed E-state index contributed by atoms with van der Waals surface area (Å²) in [6, 6.07) is 7.19. The number of nitrogens with zero attached hydrogens (tertiary/aromatic N) is 2. The summed E-state index contributed by atoms with van der Waals surface area (Å²) in [4.78, 5) is 8.92. The van der Waals surface area contributed by atoms with Crippen LogP contribution in [0.15, 0.2) is 30.3 Å². The number of halogens is 3. The molecule has 4 rings (SSSR count). The van der Waals surface area contributed by atoms with E-state index in [0.717, 1.165) is 32.8 Å². The molecule has 1 fully saturated rings. The molecule has 0 radical (unpaired) electrons. The monoisotopic (exact) mass is 519 g/mol. The predicted molar refractivity (Wildman–Crippen MR) is 134 cm³/mol. The van der Waals surface area contributed by atoms with Crippen molar-refractivity contribution in [2.45, 2.75) is 57.8 Å². The first-order valence-corrected chi connectivity index (χ1v) is 12.1. The number of hydrogen-bond donors (Lipinski definition) is 2. The van der Waals surface area contributed by atoms with Crippen LogP contribution in [0.3, 0.4) is 0 Å². The quantitative estimate of drug-likeness (QED) is 0.353. The number of fused-ring (bicyclic) bond motifs is 1. The zero-order valence-corrected chi connectivity index (χ0v) is 21.6. The maximum atomic E-state index is 15.1. The normalized spacial score (nSPS) is 15.1. The lowest BCUT2D eigenvalue weighted by Gasteiger charge is -2.30. The van der Waals surface area contributed by atoms with Gasteiger partial charge in [-0.1, -0.05) is 12.1 Å². The number of rotatable bonds is 11. The van der Waals surface area contributed by atoms with Gasteiger partial charge >= 0.3 is 5.92 Å². The zero-order valence-electron chi connectivity index (χ0n) is 21.6. The average Bonchev–Trinajstić information content (AvgIpc) is 3.68. The molecule has 3 aromatic rings. The van der Waals surface area contributed by atoms with Crippen LogP contribution in [-0.4, -0.2) is 47.6 Å². The van der Waals surface area contributed by atoms with Crippen molar-refractivity contribution >= 4 is 16.7 Å². The lowest BCUT2D eigenvalue weighted by molar-refractivity contribution is -0.170. The predicted octanol–water partition coefficient (Wildman–Crippen LogP) is 5.36. The zero-order chi connectivity index (χ0) is 27.0. The SMILES string of the molecule is COc1cc2nc(C)nc(NCc3cccc(C(F)(F)C(C)(C)O)c3F)c2cc1OCC(OC)C1CC1. The van der Waals surface area contributed by atoms with Crippen molar-refractivity contribution in [3.8, 4) is 11.5 Å². The van der Waals surface area contributed by atoms with Gasteiger partial charge in [0.1, 0.15) is 29.7 Å². The maximum Gasteiger partial charge on any atom is 0.303 e. The molecular weight excluding hydrogens is 487 g/mol. The van der Waals surface area contributed by atoms with Gasteiger partial charge in [-0.15, -0.1) is 0 Å². The smallest absolute Gasteiger partial charge is 0.303 e. The number of methoxy groups -OCH3 is 2. The number of alkyl halides is 2. The Bertz CT molecular complexity index is 1280. The van der Waals surface area contributed by atoms with Crippen LogP contribution in [0, 0.1) is 18.7 Å². The lowest BCUT2D eigenvalue weighted by atomic mass is 9.92. The summed E-state index contributed by atoms with van der Waals surface area (Å²) in [6.45, 7) is 3.83. The van der Waals surface area contributed by atoms with Crippen molar-refractivity contribution in [1.29, 1.82) is 0 Å². The standard InChI is InChI=1S/C27H32F3N3O4/c1-15-32-20-12-21(35-4)22(37-14-23(36-5)16-9-10-16)11-18(20)25(33-15)31-13-17-7-6-8-19(24(17)28)27(29,30)26(2,3)34/h6-8,11-12,16,23,34H,9-10,13-14H2,1-5H3,(H,31,32,33). The van der Waals surface area contributed by atoms with Crippen molar-refractivity contribution in [3.05, 3.63) is 53.1 Å². The van der Waals surface area contributed by atoms with E-state index in [4.69, 9.17) is 14.2 Å². The van der Waals surface area contributed by atoms with Gasteiger partial charge in [0, 0.05) is 30.7 Å². The van der Waals surface area contributed by atoms with Crippen LogP contribution < -0.4 is 14.8 Å². The molecule has 1 heterocycles. The van der Waals surface area contributed by atoms with Crippen molar-refractivity contribution in [2.24, 2.45) is 5.92 Å². The summed E-state index contributed by atoms with van der Waals surface area (Å²) in [6.07, 6.45) is 2.19. The molecule has 0 bridgehead atoms. The molecule has 0 spiro atoms. The number of benzene rings is 2. The molecule has 2 N–H and O–H groups in total. The van der Waals surface area contributed by atoms with Gasteiger partial charge < -0.3 is 24.6 Å². The first kappa shape index (κ1) is 26.9. The Hall–Kier alpha value is -3.11. The Labute approximate surface area is 214 Å². The van der Waals surface area contributed by atoms with E-state index >= 15 is 4.39 Å². The first-order valence-electron chi connectivity index (χ1n) is 12.1. The molecule has 1 aromatic heterocycles. The number of aromatic nitrogens is 2. The van der Waals surface area contributed by atoms with Crippen molar-refractivity contribution in [3.63, 3.8) is 0 Å². The fourth-order valence-electron chi connectivity index (χ4n) is 4.16. The van der Waals surface area contributed by atoms with E-state index in [0.29, 0.717) is 46.6 Å². The van der Waals surface area contributed by atoms with Gasteiger partial charge in [-0.3, -0.25) is 0 Å². The Balaban J connectivity index is 1.64. The van der Waals surface area contributed by atoms with Crippen LogP contribution in [0.4, 0.5) is 19.0 Å². The van der Waals surface area contributed by atoms with Gasteiger partial charge in [0.15, 0.2) is 11.5 Å². The Morgan fingerprint density at radius 2 is 1.86 bits per heavy atom. The lowest BCUT2D eigenvalue weighted by Crippen LogP contribution is -2.41. The van der Waals surface area contributed by atoms with Crippen LogP contribution in [0.25, 0.3) is 10.9 Å². The second-order valence-electron chi connectivity index (χ2n) is 9.83. The third kappa shape index (κ3) is 5.60. The molecule has 10 heteroatoms. The molecule has 37 heavy (non-hydrogen) atoms. The molecule has 1 saturated carbocycles. The van der Waals surface area contributed by atoms with Crippen molar-refractivity contribution < 1.29 is 32.5 Å². The first-order chi connectivity index (χ1) is 17.5. The third-order valence-corrected chi connectivity index (χ3v) is 6.58. The third-order valence-electron chi connectivity index (χ3n) is 6.58. The van der Waals surface area contributed by atoms with E-state index < -0.39 is 22.9 Å². The van der Waals surface area contributed by atoms with Gasteiger partial charge in [-0.2, -0.15) is 8.78 Å². The fourth-order valence-corrected chi connectivity index (χ4v) is 4.16. The van der Waals surface area contributed by atoms with E-state index in [2.05, 4.69) is 15.3 Å². The molecule has 1 aliphatic carbocycles. The van der Waals surface area contributed by atoms with E-state index in [1.54, 1.807) is 26.2 Å². The highest BCUT2D eigenvalue weighted by molar-refractivity contribution is 5.91. The second kappa shape index (κ2) is 10.3. The minimum Gasteiger partial charge on any atom is -0.493 e. The molecule has 1 atom stereocenters. The number of hydrogen-bond acceptors (Lipinski definition) is 7. The fraction of sp³-hybridized carbons (Fsp3) is 0.481. The second-order valence-corrected chi connectivity index (χ2v) is 9.83. The Morgan fingerprint density at radius 3 is 2.49 bits per heavy atom. The van der Waals surface area contributed by atoms with E-state index in [-0.39, 0.29) is 18.2 Å². The number of aliphatic hydroxyl groups is 1. The number of nitrogens with one attached hydrogen (secondary N) is 1. The average molecular weight is 520 g/mol. The van der Waals surface area contributed by atoms with Gasteiger partial charge in [0.2, 0.25) is 0 Å². The number of ether oxygens (including phenoxy) is 3. The maximum absolute atomic E-state index is 15.1. The van der Waals surface area contributed by atoms with E-state index in [9.17, 15) is 13.9 Å². The van der Waals surface area contributed by atoms with Crippen molar-refractivity contribution in [2.75, 3.05) is 26.1 Å². The summed E-state index contributed by atoms with van der Waals surface area (Å²) in [5, 5.41) is 13.5. The minimum atomic E-state index is -3.78. The molecule has 1 unspecified atom stereocenters. The van der Waals surface area contributed by atoms with Gasteiger partial charge in [0.05, 0.1) is 24.3 Å². The van der Waals surface area contributed by atoms with Gasteiger partial charge in [-0.25, -0.2) is 14.4 Å². The highest BCUT2D eigenvalue weighted by atomic mass is 19.3. The molecule has 2 aromatic carbocycles. The van der Waals surface area contributed by atoms with E-state index in [1.165, 1.54) is 19.2 Å². The number of anilines is 1. The molecule has 7 nitrogen and oxygen atoms in total. The summed E-state index contributed by atoms with van der Waals surface area (Å²) in [5.74, 6) is -2.57. The van der Waals surface area contributed by atoms with Crippen LogP contribution in [0.1, 0.15) is 43.6 Å². The summed E-state index contributed by atoms with van der Waals surface area (Å²) >= 11 is 0. The molecule has 200 valence electrons. The Morgan fingerprint density at radius 1 is 1.14 bits per heavy atom. The van der Waals surface area contributed by atoms with Crippen LogP contribution in [-0.2, 0) is 17.2 Å². The van der Waals surface area contributed by atoms with Crippen LogP contribution in [0.5, 0.6) is 11.5 Å². The summed E-state index contributed by atoms with van der Waals surface area (Å²) in [7, 11) is 3.20. The topological polar surface area (TPSA) is 85.7 Å². The molecule has 0 amide bonds. The van der Waals surface area contributed by atoms with Gasteiger partial charge in [0.25, 0.3) is 0 Å². The van der Waals surface area contributed by atoms with E-state index in [1.807, 2.05) is 0 Å². The van der Waals surface area contributed by atoms with Crippen LogP contribution >= 0.6 is 0 Å². The Kier molecular flexibility index (Phi) is 7.52. The van der Waals surface area contributed by atoms with Crippen molar-refractivity contribution in [1.82, 2.24) is 9.97 Å².